The number of unbranched alkanes of at least 4 members (excludes halogenated alkanes) is 4. The number of ether oxygens (including phenoxy) is 2. The van der Waals surface area contributed by atoms with Crippen molar-refractivity contribution in [3.8, 4) is 0 Å². The van der Waals surface area contributed by atoms with Gasteiger partial charge in [-0.3, -0.25) is 4.90 Å². The van der Waals surface area contributed by atoms with Crippen LogP contribution in [0, 0.1) is 0 Å². The molecule has 0 saturated carbocycles. The zero-order valence-electron chi connectivity index (χ0n) is 21.1. The van der Waals surface area contributed by atoms with Gasteiger partial charge in [-0.05, 0) is 38.5 Å². The van der Waals surface area contributed by atoms with E-state index in [0.717, 1.165) is 51.4 Å². The van der Waals surface area contributed by atoms with Crippen molar-refractivity contribution in [3.63, 3.8) is 0 Å². The van der Waals surface area contributed by atoms with Crippen LogP contribution >= 0.6 is 0 Å². The molecule has 1 rings (SSSR count). The van der Waals surface area contributed by atoms with Gasteiger partial charge >= 0.3 is 0 Å². The molecule has 2 unspecified atom stereocenters. The third-order valence-electron chi connectivity index (χ3n) is 4.94. The van der Waals surface area contributed by atoms with E-state index in [1.54, 1.807) is 4.90 Å². The summed E-state index contributed by atoms with van der Waals surface area (Å²) >= 11 is 0. The number of aliphatic hydroxyl groups is 2. The van der Waals surface area contributed by atoms with E-state index in [-0.39, 0.29) is 25.4 Å². The molecule has 10 nitrogen and oxygen atoms in total. The Morgan fingerprint density at radius 3 is 1.52 bits per heavy atom. The lowest BCUT2D eigenvalue weighted by atomic mass is 10.2. The van der Waals surface area contributed by atoms with Gasteiger partial charge in [0.25, 0.3) is 0 Å². The van der Waals surface area contributed by atoms with Crippen LogP contribution in [0.5, 0.6) is 0 Å². The Morgan fingerprint density at radius 1 is 0.697 bits per heavy atom. The second-order valence-electron chi connectivity index (χ2n) is 8.21. The minimum Gasteiger partial charge on any atom is -0.374 e. The first kappa shape index (κ1) is 29.3. The van der Waals surface area contributed by atoms with E-state index in [9.17, 15) is 10.2 Å². The normalized spacial score (nSPS) is 13.0. The monoisotopic (exact) mass is 470 g/mol. The molecule has 33 heavy (non-hydrogen) atoms. The van der Waals surface area contributed by atoms with E-state index in [2.05, 4.69) is 53.3 Å². The molecule has 1 aromatic heterocycles. The number of hydrogen-bond donors (Lipinski definition) is 4. The number of aromatic nitrogens is 3. The van der Waals surface area contributed by atoms with Crippen molar-refractivity contribution in [1.29, 1.82) is 0 Å². The van der Waals surface area contributed by atoms with Gasteiger partial charge in [-0.25, -0.2) is 0 Å². The summed E-state index contributed by atoms with van der Waals surface area (Å²) in [6, 6.07) is 0. The molecule has 1 aromatic rings. The van der Waals surface area contributed by atoms with Crippen molar-refractivity contribution in [3.05, 3.63) is 0 Å². The first-order valence-corrected chi connectivity index (χ1v) is 12.6. The molecule has 2 atom stereocenters. The van der Waals surface area contributed by atoms with Gasteiger partial charge in [0, 0.05) is 13.2 Å². The molecule has 0 bridgehead atoms. The Kier molecular flexibility index (Phi) is 16.6. The molecule has 0 aliphatic heterocycles. The number of nitrogens with zero attached hydrogens (tertiary/aromatic N) is 4. The van der Waals surface area contributed by atoms with Crippen LogP contribution in [0.15, 0.2) is 0 Å². The van der Waals surface area contributed by atoms with Crippen LogP contribution in [0.1, 0.15) is 91.9 Å². The number of hydrogen-bond acceptors (Lipinski definition) is 10. The summed E-state index contributed by atoms with van der Waals surface area (Å²) in [4.78, 5) is 15.2. The van der Waals surface area contributed by atoms with Gasteiger partial charge in [-0.2, -0.15) is 15.0 Å². The van der Waals surface area contributed by atoms with Crippen molar-refractivity contribution < 1.29 is 19.7 Å². The van der Waals surface area contributed by atoms with Crippen molar-refractivity contribution in [2.75, 3.05) is 42.2 Å². The lowest BCUT2D eigenvalue weighted by Gasteiger charge is -2.24. The summed E-state index contributed by atoms with van der Waals surface area (Å²) in [6.45, 7) is 10.2. The molecule has 0 amide bonds. The maximum atomic E-state index is 10.3. The second-order valence-corrected chi connectivity index (χ2v) is 8.21. The molecular formula is C23H46N6O4. The standard InChI is InChI=1S/C23H46N6O4/c1-5-9-13-19(30)24-21-26-22(25-20(31)14-10-6-2)28-23(27-21)29(17-32-15-11-7-3)18-33-16-12-8-4/h19-20,30-31H,5-18H2,1-4H3,(H2,24,25,26,27,28). The molecule has 0 fully saturated rings. The molecule has 10 heteroatoms. The highest BCUT2D eigenvalue weighted by Crippen LogP contribution is 2.17. The van der Waals surface area contributed by atoms with Gasteiger partial charge in [-0.1, -0.05) is 53.4 Å². The first-order valence-electron chi connectivity index (χ1n) is 12.6. The molecule has 0 radical (unpaired) electrons. The topological polar surface area (TPSA) is 125 Å². The summed E-state index contributed by atoms with van der Waals surface area (Å²) in [5.41, 5.74) is 0. The van der Waals surface area contributed by atoms with Crippen LogP contribution in [-0.2, 0) is 9.47 Å². The number of anilines is 3. The molecule has 0 aromatic carbocycles. The predicted molar refractivity (Wildman–Crippen MR) is 132 cm³/mol. The molecule has 4 N–H and O–H groups in total. The van der Waals surface area contributed by atoms with Gasteiger partial charge in [0.2, 0.25) is 17.8 Å². The van der Waals surface area contributed by atoms with E-state index in [1.807, 2.05) is 0 Å². The van der Waals surface area contributed by atoms with Crippen LogP contribution in [0.2, 0.25) is 0 Å². The number of nitrogens with one attached hydrogen (secondary N) is 2. The van der Waals surface area contributed by atoms with Crippen LogP contribution in [0.3, 0.4) is 0 Å². The summed E-state index contributed by atoms with van der Waals surface area (Å²) in [5.74, 6) is 0.829. The SMILES string of the molecule is CCCCOCN(COCCCC)c1nc(NC(O)CCCC)nc(NC(O)CCCC)n1. The lowest BCUT2D eigenvalue weighted by molar-refractivity contribution is 0.0812. The Hall–Kier alpha value is -1.75. The maximum Gasteiger partial charge on any atom is 0.235 e. The van der Waals surface area contributed by atoms with Crippen LogP contribution in [0.25, 0.3) is 0 Å². The highest BCUT2D eigenvalue weighted by atomic mass is 16.5. The minimum absolute atomic E-state index is 0.237. The summed E-state index contributed by atoms with van der Waals surface area (Å²) in [6.07, 6.45) is 7.39. The molecule has 0 aliphatic carbocycles. The van der Waals surface area contributed by atoms with E-state index in [1.165, 1.54) is 0 Å². The molecular weight excluding hydrogens is 424 g/mol. The Morgan fingerprint density at radius 2 is 1.12 bits per heavy atom. The van der Waals surface area contributed by atoms with Crippen LogP contribution in [-0.4, -0.2) is 64.3 Å². The van der Waals surface area contributed by atoms with Crippen molar-refractivity contribution in [2.45, 2.75) is 104 Å². The summed E-state index contributed by atoms with van der Waals surface area (Å²) in [5, 5.41) is 26.5. The third-order valence-corrected chi connectivity index (χ3v) is 4.94. The highest BCUT2D eigenvalue weighted by Gasteiger charge is 2.17. The summed E-state index contributed by atoms with van der Waals surface area (Å²) in [7, 11) is 0. The number of rotatable bonds is 21. The van der Waals surface area contributed by atoms with Gasteiger partial charge in [0.15, 0.2) is 0 Å². The van der Waals surface area contributed by atoms with Gasteiger partial charge in [0.1, 0.15) is 25.9 Å². The van der Waals surface area contributed by atoms with Crippen LogP contribution in [0.4, 0.5) is 17.8 Å². The molecule has 0 spiro atoms. The molecule has 1 heterocycles. The van der Waals surface area contributed by atoms with E-state index in [0.29, 0.717) is 32.0 Å². The molecule has 0 aliphatic rings. The third kappa shape index (κ3) is 13.5. The highest BCUT2D eigenvalue weighted by molar-refractivity contribution is 5.43. The zero-order valence-corrected chi connectivity index (χ0v) is 21.1. The lowest BCUT2D eigenvalue weighted by Crippen LogP contribution is -2.32. The van der Waals surface area contributed by atoms with E-state index < -0.39 is 12.5 Å². The Bertz CT molecular complexity index is 564. The van der Waals surface area contributed by atoms with E-state index in [4.69, 9.17) is 9.47 Å². The summed E-state index contributed by atoms with van der Waals surface area (Å²) < 4.78 is 11.6. The van der Waals surface area contributed by atoms with Gasteiger partial charge in [-0.15, -0.1) is 0 Å². The fraction of sp³-hybridized carbons (Fsp3) is 0.870. The maximum absolute atomic E-state index is 10.3. The smallest absolute Gasteiger partial charge is 0.235 e. The fourth-order valence-electron chi connectivity index (χ4n) is 2.87. The average Bonchev–Trinajstić information content (AvgIpc) is 2.80. The van der Waals surface area contributed by atoms with Crippen molar-refractivity contribution >= 4 is 17.8 Å². The second kappa shape index (κ2) is 18.7. The van der Waals surface area contributed by atoms with Crippen LogP contribution < -0.4 is 15.5 Å². The zero-order chi connectivity index (χ0) is 24.3. The number of aliphatic hydroxyl groups excluding tert-OH is 2. The van der Waals surface area contributed by atoms with Crippen molar-refractivity contribution in [1.82, 2.24) is 15.0 Å². The average molecular weight is 471 g/mol. The van der Waals surface area contributed by atoms with Crippen molar-refractivity contribution in [2.24, 2.45) is 0 Å². The fourth-order valence-corrected chi connectivity index (χ4v) is 2.87. The Balaban J connectivity index is 3.05. The Labute approximate surface area is 199 Å². The first-order chi connectivity index (χ1) is 16.0. The van der Waals surface area contributed by atoms with E-state index >= 15 is 0 Å². The minimum atomic E-state index is -0.770. The quantitative estimate of drug-likeness (QED) is 0.154. The molecule has 192 valence electrons. The largest absolute Gasteiger partial charge is 0.374 e. The van der Waals surface area contributed by atoms with Gasteiger partial charge < -0.3 is 30.3 Å². The molecule has 0 saturated heterocycles. The predicted octanol–water partition coefficient (Wildman–Crippen LogP) is 4.07. The van der Waals surface area contributed by atoms with Gasteiger partial charge in [0.05, 0.1) is 0 Å².